The first kappa shape index (κ1) is 13.2. The van der Waals surface area contributed by atoms with E-state index in [-0.39, 0.29) is 5.82 Å². The van der Waals surface area contributed by atoms with E-state index in [2.05, 4.69) is 22.4 Å². The number of halogens is 1. The maximum Gasteiger partial charge on any atom is 0.203 e. The highest BCUT2D eigenvalue weighted by Crippen LogP contribution is 2.31. The molecule has 0 radical (unpaired) electrons. The highest BCUT2D eigenvalue weighted by molar-refractivity contribution is 7.15. The van der Waals surface area contributed by atoms with Gasteiger partial charge in [0.15, 0.2) is 0 Å². The van der Waals surface area contributed by atoms with Gasteiger partial charge in [0, 0.05) is 4.88 Å². The quantitative estimate of drug-likeness (QED) is 0.688. The minimum atomic E-state index is -0.257. The Kier molecular flexibility index (Phi) is 3.78. The molecule has 1 aromatic carbocycles. The second kappa shape index (κ2) is 5.71. The third-order valence-electron chi connectivity index (χ3n) is 3.41. The number of hydrogen-bond acceptors (Lipinski definition) is 4. The monoisotopic (exact) mass is 289 g/mol. The summed E-state index contributed by atoms with van der Waals surface area (Å²) >= 11 is 1.67. The van der Waals surface area contributed by atoms with Crippen LogP contribution in [0.5, 0.6) is 0 Å². The topological polar surface area (TPSA) is 37.3 Å². The zero-order chi connectivity index (χ0) is 13.9. The molecule has 104 valence electrons. The van der Waals surface area contributed by atoms with Crippen molar-refractivity contribution < 1.29 is 4.39 Å². The molecule has 1 unspecified atom stereocenters. The number of aryl methyl sites for hydroxylation is 1. The minimum Gasteiger partial charge on any atom is -0.253 e. The lowest BCUT2D eigenvalue weighted by atomic mass is 9.93. The molecule has 1 atom stereocenters. The van der Waals surface area contributed by atoms with Crippen molar-refractivity contribution >= 4 is 22.7 Å². The Morgan fingerprint density at radius 1 is 1.50 bits per heavy atom. The molecule has 2 aromatic rings. The van der Waals surface area contributed by atoms with E-state index in [0.29, 0.717) is 0 Å². The summed E-state index contributed by atoms with van der Waals surface area (Å²) in [5, 5.41) is 4.94. The Bertz CT molecular complexity index is 636. The van der Waals surface area contributed by atoms with Gasteiger partial charge in [-0.3, -0.25) is 5.43 Å². The van der Waals surface area contributed by atoms with Crippen molar-refractivity contribution in [3.8, 4) is 0 Å². The average Bonchev–Trinajstić information content (AvgIpc) is 2.80. The summed E-state index contributed by atoms with van der Waals surface area (Å²) in [6, 6.07) is 6.34. The molecule has 0 bridgehead atoms. The minimum absolute atomic E-state index is 0.257. The molecule has 1 aliphatic rings. The molecule has 1 N–H and O–H groups in total. The van der Waals surface area contributed by atoms with Crippen LogP contribution in [0.1, 0.15) is 29.5 Å². The molecule has 1 aromatic heterocycles. The van der Waals surface area contributed by atoms with Crippen molar-refractivity contribution in [3.63, 3.8) is 0 Å². The molecule has 0 amide bonds. The third-order valence-corrected chi connectivity index (χ3v) is 4.43. The second-order valence-electron chi connectivity index (χ2n) is 5.16. The molecule has 1 heterocycles. The van der Waals surface area contributed by atoms with Crippen LogP contribution in [-0.4, -0.2) is 11.2 Å². The zero-order valence-electron chi connectivity index (χ0n) is 11.3. The van der Waals surface area contributed by atoms with Gasteiger partial charge in [0.1, 0.15) is 5.82 Å². The number of nitrogens with zero attached hydrogens (tertiary/aromatic N) is 2. The number of hydrazone groups is 1. The number of fused-ring (bicyclic) bond motifs is 1. The Labute approximate surface area is 121 Å². The number of aromatic nitrogens is 1. The normalized spacial score (nSPS) is 18.2. The molecule has 3 rings (SSSR count). The van der Waals surface area contributed by atoms with E-state index in [1.807, 2.05) is 6.07 Å². The number of thiazole rings is 1. The average molecular weight is 289 g/mol. The maximum absolute atomic E-state index is 13.0. The molecular weight excluding hydrogens is 273 g/mol. The van der Waals surface area contributed by atoms with E-state index in [0.717, 1.165) is 29.5 Å². The number of benzene rings is 1. The van der Waals surface area contributed by atoms with Gasteiger partial charge in [-0.2, -0.15) is 5.10 Å². The Hall–Kier alpha value is -1.75. The van der Waals surface area contributed by atoms with E-state index in [9.17, 15) is 4.39 Å². The second-order valence-corrected chi connectivity index (χ2v) is 6.25. The smallest absolute Gasteiger partial charge is 0.203 e. The molecule has 0 aliphatic heterocycles. The summed E-state index contributed by atoms with van der Waals surface area (Å²) in [7, 11) is 0. The van der Waals surface area contributed by atoms with Gasteiger partial charge in [-0.15, -0.1) is 11.3 Å². The van der Waals surface area contributed by atoms with Crippen LogP contribution < -0.4 is 5.43 Å². The first-order valence-electron chi connectivity index (χ1n) is 6.74. The van der Waals surface area contributed by atoms with Gasteiger partial charge >= 0.3 is 0 Å². The number of anilines is 1. The molecule has 20 heavy (non-hydrogen) atoms. The summed E-state index contributed by atoms with van der Waals surface area (Å²) < 4.78 is 13.0. The summed E-state index contributed by atoms with van der Waals surface area (Å²) in [5.74, 6) is 0.485. The van der Waals surface area contributed by atoms with Crippen molar-refractivity contribution in [1.29, 1.82) is 0 Å². The summed E-state index contributed by atoms with van der Waals surface area (Å²) in [4.78, 5) is 5.92. The van der Waals surface area contributed by atoms with Crippen LogP contribution in [0.15, 0.2) is 29.4 Å². The van der Waals surface area contributed by atoms with E-state index in [1.54, 1.807) is 23.6 Å². The largest absolute Gasteiger partial charge is 0.253 e. The van der Waals surface area contributed by atoms with Gasteiger partial charge in [0.05, 0.1) is 11.9 Å². The predicted octanol–water partition coefficient (Wildman–Crippen LogP) is 3.85. The molecule has 3 nitrogen and oxygen atoms in total. The van der Waals surface area contributed by atoms with Crippen LogP contribution in [0.2, 0.25) is 0 Å². The molecular formula is C15H16FN3S. The first-order chi connectivity index (χ1) is 9.70. The lowest BCUT2D eigenvalue weighted by molar-refractivity contribution is 0.502. The SMILES string of the molecule is CC1CCc2nc(N/N=C\c3cccc(F)c3)sc2C1. The van der Waals surface area contributed by atoms with E-state index >= 15 is 0 Å². The Balaban J connectivity index is 1.67. The van der Waals surface area contributed by atoms with Gasteiger partial charge in [0.25, 0.3) is 0 Å². The summed E-state index contributed by atoms with van der Waals surface area (Å²) in [6.45, 7) is 2.28. The standard InChI is InChI=1S/C15H16FN3S/c1-10-5-6-13-14(7-10)20-15(18-13)19-17-9-11-3-2-4-12(16)8-11/h2-4,8-10H,5-7H2,1H3,(H,18,19)/b17-9-. The molecule has 0 saturated heterocycles. The van der Waals surface area contributed by atoms with Crippen molar-refractivity contribution in [2.75, 3.05) is 5.43 Å². The van der Waals surface area contributed by atoms with Gasteiger partial charge in [-0.05, 0) is 42.9 Å². The first-order valence-corrected chi connectivity index (χ1v) is 7.55. The van der Waals surface area contributed by atoms with Gasteiger partial charge < -0.3 is 0 Å². The fourth-order valence-electron chi connectivity index (χ4n) is 2.34. The lowest BCUT2D eigenvalue weighted by Gasteiger charge is -2.15. The fourth-order valence-corrected chi connectivity index (χ4v) is 3.46. The molecule has 0 saturated carbocycles. The molecule has 0 fully saturated rings. The van der Waals surface area contributed by atoms with E-state index in [1.165, 1.54) is 29.1 Å². The van der Waals surface area contributed by atoms with Crippen molar-refractivity contribution in [3.05, 3.63) is 46.2 Å². The fraction of sp³-hybridized carbons (Fsp3) is 0.333. The van der Waals surface area contributed by atoms with Gasteiger partial charge in [-0.25, -0.2) is 9.37 Å². The number of rotatable bonds is 3. The zero-order valence-corrected chi connectivity index (χ0v) is 12.1. The number of nitrogens with one attached hydrogen (secondary N) is 1. The molecule has 1 aliphatic carbocycles. The van der Waals surface area contributed by atoms with Crippen molar-refractivity contribution in [2.24, 2.45) is 11.0 Å². The Morgan fingerprint density at radius 2 is 2.40 bits per heavy atom. The lowest BCUT2D eigenvalue weighted by Crippen LogP contribution is -2.09. The molecule has 0 spiro atoms. The maximum atomic E-state index is 13.0. The van der Waals surface area contributed by atoms with Crippen LogP contribution in [0, 0.1) is 11.7 Å². The van der Waals surface area contributed by atoms with Gasteiger partial charge in [-0.1, -0.05) is 19.1 Å². The number of hydrogen-bond donors (Lipinski definition) is 1. The predicted molar refractivity (Wildman–Crippen MR) is 80.9 cm³/mol. The van der Waals surface area contributed by atoms with Crippen LogP contribution in [0.3, 0.4) is 0 Å². The van der Waals surface area contributed by atoms with Crippen LogP contribution >= 0.6 is 11.3 Å². The van der Waals surface area contributed by atoms with Crippen LogP contribution in [0.4, 0.5) is 9.52 Å². The third kappa shape index (κ3) is 3.04. The summed E-state index contributed by atoms with van der Waals surface area (Å²) in [6.07, 6.45) is 4.99. The van der Waals surface area contributed by atoms with E-state index < -0.39 is 0 Å². The van der Waals surface area contributed by atoms with E-state index in [4.69, 9.17) is 0 Å². The summed E-state index contributed by atoms with van der Waals surface area (Å²) in [5.41, 5.74) is 4.87. The van der Waals surface area contributed by atoms with Crippen molar-refractivity contribution in [1.82, 2.24) is 4.98 Å². The van der Waals surface area contributed by atoms with Gasteiger partial charge in [0.2, 0.25) is 5.13 Å². The highest BCUT2D eigenvalue weighted by Gasteiger charge is 2.19. The highest BCUT2D eigenvalue weighted by atomic mass is 32.1. The Morgan fingerprint density at radius 3 is 3.25 bits per heavy atom. The molecule has 5 heteroatoms. The van der Waals surface area contributed by atoms with Crippen molar-refractivity contribution in [2.45, 2.75) is 26.2 Å². The van der Waals surface area contributed by atoms with Crippen LogP contribution in [0.25, 0.3) is 0 Å². The van der Waals surface area contributed by atoms with Crippen LogP contribution in [-0.2, 0) is 12.8 Å².